The number of carbonyl (C=O) groups is 3. The predicted molar refractivity (Wildman–Crippen MR) is 104 cm³/mol. The largest absolute Gasteiger partial charge is 0.425 e. The topological polar surface area (TPSA) is 60.4 Å². The molecule has 0 N–H and O–H groups in total. The molecule has 0 saturated heterocycles. The Hall–Kier alpha value is -1.98. The Morgan fingerprint density at radius 3 is 2.44 bits per heavy atom. The highest BCUT2D eigenvalue weighted by molar-refractivity contribution is 9.10. The van der Waals surface area contributed by atoms with Crippen molar-refractivity contribution in [1.29, 1.82) is 0 Å². The maximum Gasteiger partial charge on any atom is 0.326 e. The van der Waals surface area contributed by atoms with Gasteiger partial charge in [0.1, 0.15) is 16.9 Å². The van der Waals surface area contributed by atoms with E-state index in [1.807, 2.05) is 13.0 Å². The van der Waals surface area contributed by atoms with Gasteiger partial charge < -0.3 is 4.74 Å². The first-order chi connectivity index (χ1) is 12.8. The standard InChI is InChI=1S/C21H16BrClO4/c1-3-20(18(25)12-4-7-14(23)8-5-12)17-15-10-13(22)6-9-16(15)27-19(26)21(17,20)11(2)24/h4-10,17H,3H2,1-2H3/t17-,20+,21-/m0/s1. The Kier molecular flexibility index (Phi) is 4.09. The van der Waals surface area contributed by atoms with E-state index in [0.717, 1.165) is 4.47 Å². The molecule has 0 amide bonds. The van der Waals surface area contributed by atoms with Gasteiger partial charge in [-0.15, -0.1) is 0 Å². The van der Waals surface area contributed by atoms with Crippen molar-refractivity contribution in [2.24, 2.45) is 10.8 Å². The molecule has 138 valence electrons. The zero-order valence-electron chi connectivity index (χ0n) is 14.7. The zero-order chi connectivity index (χ0) is 19.6. The van der Waals surface area contributed by atoms with E-state index in [9.17, 15) is 14.4 Å². The van der Waals surface area contributed by atoms with Gasteiger partial charge in [0.25, 0.3) is 0 Å². The van der Waals surface area contributed by atoms with Crippen molar-refractivity contribution in [1.82, 2.24) is 0 Å². The number of ether oxygens (including phenoxy) is 1. The van der Waals surface area contributed by atoms with Crippen molar-refractivity contribution < 1.29 is 19.1 Å². The number of benzene rings is 2. The lowest BCUT2D eigenvalue weighted by Crippen LogP contribution is -2.38. The maximum atomic E-state index is 13.6. The summed E-state index contributed by atoms with van der Waals surface area (Å²) in [6.45, 7) is 3.20. The highest BCUT2D eigenvalue weighted by Gasteiger charge is 2.87. The van der Waals surface area contributed by atoms with Gasteiger partial charge in [-0.2, -0.15) is 0 Å². The second kappa shape index (κ2) is 6.01. The van der Waals surface area contributed by atoms with Gasteiger partial charge in [-0.05, 0) is 55.8 Å². The van der Waals surface area contributed by atoms with Gasteiger partial charge in [0.2, 0.25) is 0 Å². The molecular weight excluding hydrogens is 432 g/mol. The lowest BCUT2D eigenvalue weighted by atomic mass is 9.81. The number of ketones is 2. The Morgan fingerprint density at radius 2 is 1.85 bits per heavy atom. The molecule has 0 aromatic heterocycles. The Bertz CT molecular complexity index is 1000. The number of hydrogen-bond acceptors (Lipinski definition) is 4. The molecule has 2 aliphatic rings. The van der Waals surface area contributed by atoms with Crippen LogP contribution in [0.5, 0.6) is 5.75 Å². The molecule has 27 heavy (non-hydrogen) atoms. The lowest BCUT2D eigenvalue weighted by molar-refractivity contribution is -0.148. The molecule has 0 unspecified atom stereocenters. The number of Topliss-reactive ketones (excluding diaryl/α,β-unsaturated/α-hetero) is 2. The first-order valence-electron chi connectivity index (χ1n) is 8.63. The van der Waals surface area contributed by atoms with Crippen LogP contribution in [0.25, 0.3) is 0 Å². The summed E-state index contributed by atoms with van der Waals surface area (Å²) >= 11 is 9.37. The summed E-state index contributed by atoms with van der Waals surface area (Å²) in [5.74, 6) is -1.34. The van der Waals surface area contributed by atoms with Gasteiger partial charge in [-0.3, -0.25) is 14.4 Å². The van der Waals surface area contributed by atoms with Crippen LogP contribution in [0.3, 0.4) is 0 Å². The van der Waals surface area contributed by atoms with Gasteiger partial charge in [-0.25, -0.2) is 0 Å². The molecule has 1 heterocycles. The number of esters is 1. The Labute approximate surface area is 170 Å². The molecule has 6 heteroatoms. The average molecular weight is 448 g/mol. The molecule has 4 rings (SSSR count). The fourth-order valence-corrected chi connectivity index (χ4v) is 5.33. The van der Waals surface area contributed by atoms with E-state index in [0.29, 0.717) is 28.3 Å². The zero-order valence-corrected chi connectivity index (χ0v) is 17.1. The second-order valence-electron chi connectivity index (χ2n) is 7.03. The van der Waals surface area contributed by atoms with Crippen LogP contribution < -0.4 is 4.74 Å². The van der Waals surface area contributed by atoms with Crippen LogP contribution in [0.1, 0.15) is 42.1 Å². The van der Waals surface area contributed by atoms with Crippen molar-refractivity contribution >= 4 is 45.1 Å². The number of halogens is 2. The van der Waals surface area contributed by atoms with E-state index >= 15 is 0 Å². The van der Waals surface area contributed by atoms with Gasteiger partial charge in [0.15, 0.2) is 5.78 Å². The summed E-state index contributed by atoms with van der Waals surface area (Å²) in [7, 11) is 0. The maximum absolute atomic E-state index is 13.6. The van der Waals surface area contributed by atoms with Crippen LogP contribution >= 0.6 is 27.5 Å². The molecular formula is C21H16BrClO4. The molecule has 1 aliphatic carbocycles. The second-order valence-corrected chi connectivity index (χ2v) is 8.38. The van der Waals surface area contributed by atoms with Gasteiger partial charge in [0, 0.05) is 26.5 Å². The summed E-state index contributed by atoms with van der Waals surface area (Å²) in [5.41, 5.74) is -1.49. The minimum absolute atomic E-state index is 0.230. The number of fused-ring (bicyclic) bond motifs is 3. The summed E-state index contributed by atoms with van der Waals surface area (Å²) < 4.78 is 6.31. The molecule has 4 nitrogen and oxygen atoms in total. The van der Waals surface area contributed by atoms with Crippen LogP contribution in [-0.2, 0) is 9.59 Å². The van der Waals surface area contributed by atoms with Gasteiger partial charge in [-0.1, -0.05) is 34.5 Å². The summed E-state index contributed by atoms with van der Waals surface area (Å²) in [4.78, 5) is 39.3. The molecule has 0 bridgehead atoms. The van der Waals surface area contributed by atoms with E-state index in [4.69, 9.17) is 16.3 Å². The molecule has 0 spiro atoms. The van der Waals surface area contributed by atoms with Crippen molar-refractivity contribution in [3.8, 4) is 5.75 Å². The fraction of sp³-hybridized carbons (Fsp3) is 0.286. The normalized spacial score (nSPS) is 28.0. The number of carbonyl (C=O) groups excluding carboxylic acids is 3. The molecule has 3 atom stereocenters. The first kappa shape index (κ1) is 18.4. The molecule has 0 radical (unpaired) electrons. The Morgan fingerprint density at radius 1 is 1.19 bits per heavy atom. The number of rotatable bonds is 4. The average Bonchev–Trinajstić information content (AvgIpc) is 3.29. The molecule has 2 aromatic rings. The lowest BCUT2D eigenvalue weighted by Gasteiger charge is -2.22. The van der Waals surface area contributed by atoms with Crippen LogP contribution in [-0.4, -0.2) is 17.5 Å². The summed E-state index contributed by atoms with van der Waals surface area (Å²) in [5, 5.41) is 0.514. The van der Waals surface area contributed by atoms with E-state index in [2.05, 4.69) is 15.9 Å². The fourth-order valence-electron chi connectivity index (χ4n) is 4.83. The van der Waals surface area contributed by atoms with Crippen LogP contribution in [0.2, 0.25) is 5.02 Å². The highest BCUT2D eigenvalue weighted by Crippen LogP contribution is 2.80. The highest BCUT2D eigenvalue weighted by atomic mass is 79.9. The third kappa shape index (κ3) is 2.18. The van der Waals surface area contributed by atoms with E-state index in [-0.39, 0.29) is 11.6 Å². The third-order valence-corrected chi connectivity index (χ3v) is 6.72. The van der Waals surface area contributed by atoms with Gasteiger partial charge >= 0.3 is 5.97 Å². The molecule has 1 aliphatic heterocycles. The van der Waals surface area contributed by atoms with Crippen LogP contribution in [0.15, 0.2) is 46.9 Å². The van der Waals surface area contributed by atoms with Crippen LogP contribution in [0.4, 0.5) is 0 Å². The predicted octanol–water partition coefficient (Wildman–Crippen LogP) is 4.97. The third-order valence-electron chi connectivity index (χ3n) is 5.98. The smallest absolute Gasteiger partial charge is 0.326 e. The minimum Gasteiger partial charge on any atom is -0.425 e. The van der Waals surface area contributed by atoms with Crippen LogP contribution in [0, 0.1) is 10.8 Å². The van der Waals surface area contributed by atoms with Crippen molar-refractivity contribution in [2.45, 2.75) is 26.2 Å². The monoisotopic (exact) mass is 446 g/mol. The quantitative estimate of drug-likeness (QED) is 0.287. The van der Waals surface area contributed by atoms with Crippen molar-refractivity contribution in [2.75, 3.05) is 0 Å². The Balaban J connectivity index is 1.95. The van der Waals surface area contributed by atoms with Gasteiger partial charge in [0.05, 0.1) is 5.41 Å². The van der Waals surface area contributed by atoms with Crippen molar-refractivity contribution in [3.63, 3.8) is 0 Å². The number of hydrogen-bond donors (Lipinski definition) is 0. The molecule has 1 saturated carbocycles. The van der Waals surface area contributed by atoms with E-state index in [1.165, 1.54) is 6.92 Å². The first-order valence-corrected chi connectivity index (χ1v) is 9.81. The van der Waals surface area contributed by atoms with E-state index in [1.54, 1.807) is 36.4 Å². The minimum atomic E-state index is -1.48. The SMILES string of the molecule is CC[C@]1(C(=O)c2ccc(Cl)cc2)[C@@H]2c3cc(Br)ccc3OC(=O)[C@]21C(C)=O. The molecule has 2 aromatic carbocycles. The molecule has 1 fully saturated rings. The van der Waals surface area contributed by atoms with E-state index < -0.39 is 22.7 Å². The summed E-state index contributed by atoms with van der Waals surface area (Å²) in [6.07, 6.45) is 0.347. The van der Waals surface area contributed by atoms with Crippen molar-refractivity contribution in [3.05, 3.63) is 63.1 Å². The summed E-state index contributed by atoms with van der Waals surface area (Å²) in [6, 6.07) is 11.8.